The van der Waals surface area contributed by atoms with Gasteiger partial charge in [-0.2, -0.15) is 0 Å². The molecular weight excluding hydrogens is 491 g/mol. The molecule has 1 saturated heterocycles. The molecule has 2 aromatic carbocycles. The summed E-state index contributed by atoms with van der Waals surface area (Å²) in [7, 11) is 5.84. The molecule has 4 aromatic rings. The molecule has 2 amide bonds. The van der Waals surface area contributed by atoms with E-state index in [-0.39, 0.29) is 11.4 Å². The molecule has 4 N–H and O–H groups in total. The van der Waals surface area contributed by atoms with Crippen molar-refractivity contribution < 1.29 is 9.59 Å². The van der Waals surface area contributed by atoms with Crippen molar-refractivity contribution in [2.75, 3.05) is 48.3 Å². The number of hydrogen-bond donors (Lipinski definition) is 4. The van der Waals surface area contributed by atoms with Gasteiger partial charge < -0.3 is 20.2 Å². The van der Waals surface area contributed by atoms with Gasteiger partial charge in [0, 0.05) is 37.6 Å². The summed E-state index contributed by atoms with van der Waals surface area (Å²) >= 11 is 0. The Bertz CT molecular complexity index is 1470. The molecule has 2 aromatic heterocycles. The highest BCUT2D eigenvalue weighted by Crippen LogP contribution is 2.24. The van der Waals surface area contributed by atoms with E-state index in [2.05, 4.69) is 59.4 Å². The molecule has 1 fully saturated rings. The number of carbonyl (C=O) groups excluding carboxylic acids is 2. The molecule has 0 aliphatic carbocycles. The van der Waals surface area contributed by atoms with E-state index in [1.807, 2.05) is 19.1 Å². The Morgan fingerprint density at radius 3 is 2.64 bits per heavy atom. The number of hydrogen-bond acceptors (Lipinski definition) is 6. The van der Waals surface area contributed by atoms with Crippen LogP contribution in [-0.2, 0) is 0 Å². The van der Waals surface area contributed by atoms with E-state index < -0.39 is 11.8 Å². The smallest absolute Gasteiger partial charge is 0.276 e. The number of nitrogens with one attached hydrogen (secondary N) is 4. The number of fused-ring (bicyclic) bond motifs is 1. The summed E-state index contributed by atoms with van der Waals surface area (Å²) in [6.07, 6.45) is 5.10. The molecule has 11 heteroatoms. The number of carbonyl (C=O) groups is 2. The van der Waals surface area contributed by atoms with Gasteiger partial charge in [-0.25, -0.2) is 9.97 Å². The third-order valence-corrected chi connectivity index (χ3v) is 7.10. The second kappa shape index (κ2) is 11.7. The van der Waals surface area contributed by atoms with Crippen LogP contribution in [0.5, 0.6) is 0 Å². The Balaban J connectivity index is 1.23. The largest absolute Gasteiger partial charge is 0.369 e. The van der Waals surface area contributed by atoms with Crippen molar-refractivity contribution in [3.05, 3.63) is 59.7 Å². The zero-order chi connectivity index (χ0) is 27.4. The number of unbranched alkanes of at least 4 members (excludes halogenated alkanes) is 2. The molecule has 2 radical (unpaired) electrons. The lowest BCUT2D eigenvalue weighted by Crippen LogP contribution is -2.46. The minimum absolute atomic E-state index is 0.0263. The van der Waals surface area contributed by atoms with Crippen LogP contribution in [0.4, 0.5) is 17.3 Å². The Labute approximate surface area is 229 Å². The second-order valence-electron chi connectivity index (χ2n) is 9.93. The third kappa shape index (κ3) is 6.14. The number of rotatable bonds is 9. The van der Waals surface area contributed by atoms with Gasteiger partial charge in [0.15, 0.2) is 5.69 Å². The van der Waals surface area contributed by atoms with E-state index in [1.54, 1.807) is 12.1 Å². The Morgan fingerprint density at radius 2 is 1.85 bits per heavy atom. The van der Waals surface area contributed by atoms with Gasteiger partial charge in [-0.1, -0.05) is 37.4 Å². The standard InChI is InChI=1S/C28H33BN8O2/c1-3-4-5-10-36-11-13-37(14-12-36)20-8-9-21-23(16-20)34-28(33-21)35-27(39)25-24(30-17-31-25)26(38)32-22-15-19(29)7-6-18(22)2/h6-9,15-17H,3-5,10-14H2,1-2H3,(H,30,31)(H,32,38)(H2,33,34,35,39). The van der Waals surface area contributed by atoms with E-state index in [0.29, 0.717) is 17.1 Å². The van der Waals surface area contributed by atoms with Crippen molar-refractivity contribution in [3.8, 4) is 0 Å². The molecule has 39 heavy (non-hydrogen) atoms. The molecule has 1 aliphatic rings. The molecule has 5 rings (SSSR count). The van der Waals surface area contributed by atoms with Crippen LogP contribution < -0.4 is 21.0 Å². The second-order valence-corrected chi connectivity index (χ2v) is 9.93. The first-order chi connectivity index (χ1) is 18.9. The van der Waals surface area contributed by atoms with Gasteiger partial charge in [-0.3, -0.25) is 19.8 Å². The van der Waals surface area contributed by atoms with E-state index in [0.717, 1.165) is 48.5 Å². The molecule has 3 heterocycles. The maximum atomic E-state index is 13.0. The summed E-state index contributed by atoms with van der Waals surface area (Å²) in [5.41, 5.74) is 4.62. The number of benzene rings is 2. The molecule has 10 nitrogen and oxygen atoms in total. The van der Waals surface area contributed by atoms with Crippen LogP contribution in [-0.4, -0.2) is 77.2 Å². The third-order valence-electron chi connectivity index (χ3n) is 7.10. The fraction of sp³-hybridized carbons (Fsp3) is 0.357. The monoisotopic (exact) mass is 524 g/mol. The molecule has 0 bridgehead atoms. The van der Waals surface area contributed by atoms with Gasteiger partial charge in [0.25, 0.3) is 11.8 Å². The van der Waals surface area contributed by atoms with Crippen molar-refractivity contribution in [2.45, 2.75) is 33.1 Å². The predicted octanol–water partition coefficient (Wildman–Crippen LogP) is 3.21. The summed E-state index contributed by atoms with van der Waals surface area (Å²) < 4.78 is 0. The van der Waals surface area contributed by atoms with Crippen LogP contribution in [0.15, 0.2) is 42.7 Å². The molecule has 1 aliphatic heterocycles. The Hall–Kier alpha value is -4.12. The highest BCUT2D eigenvalue weighted by molar-refractivity contribution is 6.32. The van der Waals surface area contributed by atoms with Crippen molar-refractivity contribution in [1.82, 2.24) is 24.8 Å². The normalized spacial score (nSPS) is 14.1. The van der Waals surface area contributed by atoms with Gasteiger partial charge in [-0.05, 0) is 49.7 Å². The minimum Gasteiger partial charge on any atom is -0.369 e. The zero-order valence-corrected chi connectivity index (χ0v) is 22.4. The van der Waals surface area contributed by atoms with E-state index in [4.69, 9.17) is 7.85 Å². The lowest BCUT2D eigenvalue weighted by atomic mass is 9.94. The van der Waals surface area contributed by atoms with Crippen molar-refractivity contribution in [2.24, 2.45) is 0 Å². The summed E-state index contributed by atoms with van der Waals surface area (Å²) in [6.45, 7) is 9.34. The Kier molecular flexibility index (Phi) is 7.97. The lowest BCUT2D eigenvalue weighted by Gasteiger charge is -2.36. The molecule has 0 atom stereocenters. The maximum absolute atomic E-state index is 13.0. The van der Waals surface area contributed by atoms with Gasteiger partial charge in [0.2, 0.25) is 5.95 Å². The average Bonchev–Trinajstić information content (AvgIpc) is 3.58. The van der Waals surface area contributed by atoms with E-state index in [1.165, 1.54) is 32.1 Å². The first kappa shape index (κ1) is 26.5. The molecular formula is C28H33BN8O2. The lowest BCUT2D eigenvalue weighted by molar-refractivity contribution is 0.0985. The van der Waals surface area contributed by atoms with Gasteiger partial charge >= 0.3 is 0 Å². The number of amides is 2. The quantitative estimate of drug-likeness (QED) is 0.197. The molecule has 200 valence electrons. The summed E-state index contributed by atoms with van der Waals surface area (Å²) in [5.74, 6) is -0.754. The zero-order valence-electron chi connectivity index (χ0n) is 22.4. The highest BCUT2D eigenvalue weighted by Gasteiger charge is 2.22. The van der Waals surface area contributed by atoms with E-state index in [9.17, 15) is 9.59 Å². The number of H-pyrrole nitrogens is 2. The summed E-state index contributed by atoms with van der Waals surface area (Å²) in [4.78, 5) is 45.3. The number of aryl methyl sites for hydroxylation is 1. The average molecular weight is 524 g/mol. The van der Waals surface area contributed by atoms with Crippen LogP contribution in [0.2, 0.25) is 0 Å². The molecule has 0 spiro atoms. The molecule has 0 saturated carbocycles. The van der Waals surface area contributed by atoms with Crippen molar-refractivity contribution in [3.63, 3.8) is 0 Å². The number of anilines is 3. The number of aromatic nitrogens is 4. The predicted molar refractivity (Wildman–Crippen MR) is 155 cm³/mol. The maximum Gasteiger partial charge on any atom is 0.276 e. The number of aromatic amines is 2. The fourth-order valence-electron chi connectivity index (χ4n) is 4.83. The first-order valence-corrected chi connectivity index (χ1v) is 13.4. The van der Waals surface area contributed by atoms with Crippen LogP contribution in [0.3, 0.4) is 0 Å². The van der Waals surface area contributed by atoms with Crippen LogP contribution in [0.25, 0.3) is 11.0 Å². The van der Waals surface area contributed by atoms with Gasteiger partial charge in [0.05, 0.1) is 17.4 Å². The summed E-state index contributed by atoms with van der Waals surface area (Å²) in [5, 5.41) is 5.52. The van der Waals surface area contributed by atoms with Gasteiger partial charge in [-0.15, -0.1) is 0 Å². The topological polar surface area (TPSA) is 122 Å². The first-order valence-electron chi connectivity index (χ1n) is 13.4. The van der Waals surface area contributed by atoms with Crippen LogP contribution in [0, 0.1) is 6.92 Å². The summed E-state index contributed by atoms with van der Waals surface area (Å²) in [6, 6.07) is 11.3. The molecule has 0 unspecified atom stereocenters. The van der Waals surface area contributed by atoms with Crippen LogP contribution in [0.1, 0.15) is 52.7 Å². The Morgan fingerprint density at radius 1 is 1.03 bits per heavy atom. The number of nitrogens with zero attached hydrogens (tertiary/aromatic N) is 4. The SMILES string of the molecule is [B]c1ccc(C)c(NC(=O)c2nc[nH]c2C(=O)Nc2nc3ccc(N4CCN(CCCCC)CC4)cc3[nH]2)c1. The minimum atomic E-state index is -0.527. The highest BCUT2D eigenvalue weighted by atomic mass is 16.2. The van der Waals surface area contributed by atoms with Crippen molar-refractivity contribution in [1.29, 1.82) is 0 Å². The fourth-order valence-corrected chi connectivity index (χ4v) is 4.83. The number of imidazole rings is 2. The van der Waals surface area contributed by atoms with Crippen molar-refractivity contribution >= 4 is 53.5 Å². The van der Waals surface area contributed by atoms with Crippen LogP contribution >= 0.6 is 0 Å². The number of piperazine rings is 1. The van der Waals surface area contributed by atoms with Gasteiger partial charge in [0.1, 0.15) is 13.5 Å². The van der Waals surface area contributed by atoms with E-state index >= 15 is 0 Å².